The van der Waals surface area contributed by atoms with Crippen LogP contribution in [0.25, 0.3) is 0 Å². The number of nitrogens with zero attached hydrogens (tertiary/aromatic N) is 4. The number of aryl methyl sites for hydroxylation is 1. The lowest BCUT2D eigenvalue weighted by Crippen LogP contribution is -2.58. The summed E-state index contributed by atoms with van der Waals surface area (Å²) < 4.78 is 2.83. The van der Waals surface area contributed by atoms with Crippen LogP contribution in [0, 0.1) is 30.6 Å². The van der Waals surface area contributed by atoms with Crippen LogP contribution in [0.2, 0.25) is 5.02 Å². The smallest absolute Gasteiger partial charge is 0.353 e. The van der Waals surface area contributed by atoms with Crippen LogP contribution < -0.4 is 22.8 Å². The van der Waals surface area contributed by atoms with Crippen molar-refractivity contribution in [2.45, 2.75) is 39.8 Å². The van der Waals surface area contributed by atoms with E-state index in [-0.39, 0.29) is 18.7 Å². The summed E-state index contributed by atoms with van der Waals surface area (Å²) in [5, 5.41) is 9.82. The summed E-state index contributed by atoms with van der Waals surface area (Å²) in [5.74, 6) is 10.9. The van der Waals surface area contributed by atoms with Crippen LogP contribution in [-0.2, 0) is 17.9 Å². The second kappa shape index (κ2) is 10.3. The van der Waals surface area contributed by atoms with E-state index in [1.165, 1.54) is 11.5 Å². The molecule has 3 N–H and O–H groups in total. The molecule has 0 bridgehead atoms. The van der Waals surface area contributed by atoms with Gasteiger partial charge in [0.1, 0.15) is 0 Å². The van der Waals surface area contributed by atoms with Crippen LogP contribution in [0.5, 0.6) is 0 Å². The van der Waals surface area contributed by atoms with Crippen molar-refractivity contribution < 1.29 is 9.90 Å². The highest BCUT2D eigenvalue weighted by Gasteiger charge is 2.19. The zero-order valence-electron chi connectivity index (χ0n) is 19.9. The first-order valence-electron chi connectivity index (χ1n) is 11.5. The standard InChI is InChI=1S/C26H26ClN5O4/c1-16-13-22(12-9-20(16)8-5-18-3-4-18)29-24-30(15-19-6-10-21(27)11-7-19)25(35)31(26(36)32(24)28)14-17(2)23(33)34/h6-7,9-13,17-18H,3-4,14-15,28H2,1-2H3,(H,33,34)/b29-24-/t17-/m0/s1. The highest BCUT2D eigenvalue weighted by atomic mass is 35.5. The molecule has 36 heavy (non-hydrogen) atoms. The third-order valence-corrected chi connectivity index (χ3v) is 6.17. The number of carboxylic acid groups (broad SMARTS) is 1. The Hall–Kier alpha value is -4.03. The van der Waals surface area contributed by atoms with Gasteiger partial charge in [-0.15, -0.1) is 0 Å². The number of benzene rings is 2. The molecule has 4 rings (SSSR count). The Labute approximate surface area is 212 Å². The zero-order valence-corrected chi connectivity index (χ0v) is 20.7. The minimum Gasteiger partial charge on any atom is -0.481 e. The summed E-state index contributed by atoms with van der Waals surface area (Å²) in [6, 6.07) is 12.3. The number of aromatic nitrogens is 3. The summed E-state index contributed by atoms with van der Waals surface area (Å²) in [5.41, 5.74) is 1.35. The molecule has 10 heteroatoms. The van der Waals surface area contributed by atoms with Gasteiger partial charge in [-0.25, -0.2) is 19.1 Å². The first kappa shape index (κ1) is 25.1. The molecule has 3 aromatic rings. The van der Waals surface area contributed by atoms with Crippen molar-refractivity contribution in [3.63, 3.8) is 0 Å². The molecule has 1 aromatic heterocycles. The maximum atomic E-state index is 13.4. The number of carboxylic acids is 1. The lowest BCUT2D eigenvalue weighted by Gasteiger charge is -2.15. The molecule has 186 valence electrons. The van der Waals surface area contributed by atoms with E-state index < -0.39 is 23.3 Å². The van der Waals surface area contributed by atoms with Gasteiger partial charge < -0.3 is 10.9 Å². The molecule has 1 fully saturated rings. The SMILES string of the molecule is Cc1cc(/N=c2\n(N)c(=O)n(C[C@H](C)C(=O)O)c(=O)n2Cc2ccc(Cl)cc2)ccc1C#CC1CC1. The van der Waals surface area contributed by atoms with Crippen molar-refractivity contribution in [1.29, 1.82) is 0 Å². The van der Waals surface area contributed by atoms with Crippen LogP contribution in [0.1, 0.15) is 36.5 Å². The van der Waals surface area contributed by atoms with Gasteiger partial charge in [0.15, 0.2) is 0 Å². The number of nitrogen functional groups attached to an aromatic ring is 1. The molecule has 1 heterocycles. The molecule has 1 atom stereocenters. The lowest BCUT2D eigenvalue weighted by atomic mass is 10.1. The number of halogens is 1. The molecular weight excluding hydrogens is 482 g/mol. The summed E-state index contributed by atoms with van der Waals surface area (Å²) >= 11 is 5.99. The Kier molecular flexibility index (Phi) is 7.17. The van der Waals surface area contributed by atoms with E-state index in [9.17, 15) is 19.5 Å². The second-order valence-corrected chi connectivity index (χ2v) is 9.39. The number of nitrogens with two attached hydrogens (primary N) is 1. The van der Waals surface area contributed by atoms with Crippen LogP contribution in [0.15, 0.2) is 57.0 Å². The Morgan fingerprint density at radius 1 is 1.17 bits per heavy atom. The second-order valence-electron chi connectivity index (χ2n) is 8.95. The predicted molar refractivity (Wildman–Crippen MR) is 136 cm³/mol. The molecule has 0 aliphatic heterocycles. The van der Waals surface area contributed by atoms with Crippen LogP contribution in [-0.4, -0.2) is 24.9 Å². The van der Waals surface area contributed by atoms with E-state index in [1.807, 2.05) is 19.1 Å². The Morgan fingerprint density at radius 3 is 2.47 bits per heavy atom. The summed E-state index contributed by atoms with van der Waals surface area (Å²) in [7, 11) is 0. The molecule has 2 aromatic carbocycles. The Balaban J connectivity index is 1.87. The van der Waals surface area contributed by atoms with Crippen molar-refractivity contribution in [3.05, 3.63) is 90.8 Å². The lowest BCUT2D eigenvalue weighted by molar-refractivity contribution is -0.141. The largest absolute Gasteiger partial charge is 0.481 e. The van der Waals surface area contributed by atoms with Gasteiger partial charge in [0, 0.05) is 23.0 Å². The van der Waals surface area contributed by atoms with Crippen LogP contribution >= 0.6 is 11.6 Å². The number of rotatable bonds is 6. The fourth-order valence-electron chi connectivity index (χ4n) is 3.57. The molecule has 1 saturated carbocycles. The van der Waals surface area contributed by atoms with E-state index in [2.05, 4.69) is 16.8 Å². The van der Waals surface area contributed by atoms with Crippen molar-refractivity contribution in [2.75, 3.05) is 5.84 Å². The molecule has 9 nitrogen and oxygen atoms in total. The molecule has 0 spiro atoms. The molecular formula is C26H26ClN5O4. The van der Waals surface area contributed by atoms with Gasteiger partial charge in [0.05, 0.1) is 18.2 Å². The monoisotopic (exact) mass is 507 g/mol. The first-order chi connectivity index (χ1) is 17.1. The van der Waals surface area contributed by atoms with Gasteiger partial charge in [-0.1, -0.05) is 42.5 Å². The minimum atomic E-state index is -1.14. The zero-order chi connectivity index (χ0) is 26.0. The van der Waals surface area contributed by atoms with Gasteiger partial charge in [-0.05, 0) is 61.2 Å². The average Bonchev–Trinajstić information content (AvgIpc) is 3.67. The molecule has 0 unspecified atom stereocenters. The third kappa shape index (κ3) is 5.61. The quantitative estimate of drug-likeness (QED) is 0.391. The maximum Gasteiger partial charge on any atom is 0.353 e. The normalized spacial score (nSPS) is 14.2. The van der Waals surface area contributed by atoms with Crippen molar-refractivity contribution in [3.8, 4) is 11.8 Å². The van der Waals surface area contributed by atoms with Gasteiger partial charge in [0.2, 0.25) is 5.62 Å². The average molecular weight is 508 g/mol. The van der Waals surface area contributed by atoms with Gasteiger partial charge >= 0.3 is 17.3 Å². The Morgan fingerprint density at radius 2 is 1.86 bits per heavy atom. The fraction of sp³-hybridized carbons (Fsp3) is 0.308. The molecule has 0 saturated heterocycles. The van der Waals surface area contributed by atoms with Crippen molar-refractivity contribution in [2.24, 2.45) is 16.8 Å². The predicted octanol–water partition coefficient (Wildman–Crippen LogP) is 2.25. The van der Waals surface area contributed by atoms with Crippen LogP contribution in [0.4, 0.5) is 5.69 Å². The molecule has 1 aliphatic carbocycles. The molecule has 0 amide bonds. The molecule has 1 aliphatic rings. The van der Waals surface area contributed by atoms with Crippen molar-refractivity contribution >= 4 is 23.3 Å². The van der Waals surface area contributed by atoms with Gasteiger partial charge in [0.25, 0.3) is 0 Å². The van der Waals surface area contributed by atoms with Crippen LogP contribution in [0.3, 0.4) is 0 Å². The summed E-state index contributed by atoms with van der Waals surface area (Å²) in [6.07, 6.45) is 2.27. The van der Waals surface area contributed by atoms with E-state index in [4.69, 9.17) is 17.4 Å². The third-order valence-electron chi connectivity index (χ3n) is 5.92. The summed E-state index contributed by atoms with van der Waals surface area (Å²) in [6.45, 7) is 3.03. The van der Waals surface area contributed by atoms with E-state index >= 15 is 0 Å². The highest BCUT2D eigenvalue weighted by Crippen LogP contribution is 2.28. The van der Waals surface area contributed by atoms with Crippen molar-refractivity contribution in [1.82, 2.24) is 13.8 Å². The van der Waals surface area contributed by atoms with Gasteiger partial charge in [-0.2, -0.15) is 4.68 Å². The van der Waals surface area contributed by atoms with E-state index in [0.717, 1.165) is 38.8 Å². The molecule has 0 radical (unpaired) electrons. The number of hydrogen-bond acceptors (Lipinski definition) is 5. The number of aliphatic carboxylic acids is 1. The first-order valence-corrected chi connectivity index (χ1v) is 11.9. The number of hydrogen-bond donors (Lipinski definition) is 2. The fourth-order valence-corrected chi connectivity index (χ4v) is 3.70. The summed E-state index contributed by atoms with van der Waals surface area (Å²) in [4.78, 5) is 42.3. The Bertz CT molecular complexity index is 1570. The highest BCUT2D eigenvalue weighted by molar-refractivity contribution is 6.30. The maximum absolute atomic E-state index is 13.4. The van der Waals surface area contributed by atoms with E-state index in [0.29, 0.717) is 16.6 Å². The topological polar surface area (TPSA) is 125 Å². The van der Waals surface area contributed by atoms with E-state index in [1.54, 1.807) is 30.3 Å². The minimum absolute atomic E-state index is 0.0394. The number of carbonyl (C=O) groups is 1. The van der Waals surface area contributed by atoms with Gasteiger partial charge in [-0.3, -0.25) is 9.36 Å².